The quantitative estimate of drug-likeness (QED) is 0.304. The minimum Gasteiger partial charge on any atom is -0.395 e. The fourth-order valence-electron chi connectivity index (χ4n) is 4.82. The molecule has 0 aliphatic carbocycles. The highest BCUT2D eigenvalue weighted by Crippen LogP contribution is 2.26. The number of morpholine rings is 1. The number of benzene rings is 1. The van der Waals surface area contributed by atoms with E-state index in [1.54, 1.807) is 18.3 Å². The molecule has 3 aromatic heterocycles. The number of sulfone groups is 1. The van der Waals surface area contributed by atoms with Crippen LogP contribution in [-0.2, 0) is 21.1 Å². The molecule has 1 aliphatic heterocycles. The van der Waals surface area contributed by atoms with E-state index in [0.29, 0.717) is 41.5 Å². The van der Waals surface area contributed by atoms with Gasteiger partial charge in [0.25, 0.3) is 5.91 Å². The van der Waals surface area contributed by atoms with Crippen LogP contribution in [0.25, 0.3) is 22.3 Å². The van der Waals surface area contributed by atoms with E-state index < -0.39 is 33.9 Å². The van der Waals surface area contributed by atoms with Crippen LogP contribution in [0.15, 0.2) is 59.6 Å². The number of anilines is 1. The number of hydrogen-bond acceptors (Lipinski definition) is 9. The highest BCUT2D eigenvalue weighted by atomic mass is 35.5. The summed E-state index contributed by atoms with van der Waals surface area (Å²) in [5.41, 5.74) is 2.00. The van der Waals surface area contributed by atoms with Crippen molar-refractivity contribution in [1.29, 1.82) is 0 Å². The van der Waals surface area contributed by atoms with Crippen molar-refractivity contribution in [2.45, 2.75) is 37.5 Å². The lowest BCUT2D eigenvalue weighted by molar-refractivity contribution is -0.00547. The molecule has 4 aromatic rings. The van der Waals surface area contributed by atoms with Crippen LogP contribution in [-0.4, -0.2) is 72.0 Å². The van der Waals surface area contributed by atoms with Crippen LogP contribution in [0.3, 0.4) is 0 Å². The zero-order valence-corrected chi connectivity index (χ0v) is 24.5. The summed E-state index contributed by atoms with van der Waals surface area (Å²) < 4.78 is 45.1. The Kier molecular flexibility index (Phi) is 8.69. The van der Waals surface area contributed by atoms with Gasteiger partial charge < -0.3 is 20.1 Å². The summed E-state index contributed by atoms with van der Waals surface area (Å²) in [4.78, 5) is 28.4. The van der Waals surface area contributed by atoms with Crippen LogP contribution in [0.5, 0.6) is 0 Å². The number of hydrogen-bond donors (Lipinski definition) is 2. The number of ether oxygens (including phenoxy) is 1. The second kappa shape index (κ2) is 12.3. The number of nitrogens with one attached hydrogen (secondary N) is 1. The Bertz CT molecular complexity index is 1750. The second-order valence-electron chi connectivity index (χ2n) is 10.2. The average molecular weight is 614 g/mol. The number of amides is 1. The predicted octanol–water partition coefficient (Wildman–Crippen LogP) is 3.79. The van der Waals surface area contributed by atoms with Gasteiger partial charge in [0.05, 0.1) is 58.6 Å². The van der Waals surface area contributed by atoms with Gasteiger partial charge in [-0.25, -0.2) is 22.8 Å². The van der Waals surface area contributed by atoms with Gasteiger partial charge >= 0.3 is 0 Å². The Labute approximate surface area is 247 Å². The molecule has 10 nitrogen and oxygen atoms in total. The normalized spacial score (nSPS) is 17.4. The van der Waals surface area contributed by atoms with Gasteiger partial charge in [-0.3, -0.25) is 9.78 Å². The summed E-state index contributed by atoms with van der Waals surface area (Å²) in [5.74, 6) is -0.942. The number of carbonyl (C=O) groups is 1. The third-order valence-corrected chi connectivity index (χ3v) is 8.59. The minimum atomic E-state index is -3.80. The molecule has 1 aromatic carbocycles. The van der Waals surface area contributed by atoms with Gasteiger partial charge in [-0.1, -0.05) is 11.6 Å². The van der Waals surface area contributed by atoms with E-state index in [4.69, 9.17) is 21.4 Å². The Morgan fingerprint density at radius 3 is 2.60 bits per heavy atom. The molecule has 1 amide bonds. The van der Waals surface area contributed by atoms with Crippen molar-refractivity contribution in [3.05, 3.63) is 76.8 Å². The van der Waals surface area contributed by atoms with Crippen molar-refractivity contribution in [3.63, 3.8) is 0 Å². The molecule has 13 heteroatoms. The summed E-state index contributed by atoms with van der Waals surface area (Å²) in [7, 11) is -3.80. The van der Waals surface area contributed by atoms with Crippen molar-refractivity contribution < 1.29 is 27.4 Å². The molecular weight excluding hydrogens is 585 g/mol. The van der Waals surface area contributed by atoms with Gasteiger partial charge in [-0.2, -0.15) is 0 Å². The van der Waals surface area contributed by atoms with E-state index >= 15 is 0 Å². The Morgan fingerprint density at radius 1 is 1.10 bits per heavy atom. The largest absolute Gasteiger partial charge is 0.395 e. The molecule has 1 fully saturated rings. The summed E-state index contributed by atoms with van der Waals surface area (Å²) in [6.07, 6.45) is 1.61. The van der Waals surface area contributed by atoms with E-state index in [9.17, 15) is 17.6 Å². The molecule has 4 heterocycles. The minimum absolute atomic E-state index is 0.00676. The number of fused-ring (bicyclic) bond motifs is 1. The highest BCUT2D eigenvalue weighted by Gasteiger charge is 2.24. The van der Waals surface area contributed by atoms with E-state index in [-0.39, 0.29) is 34.2 Å². The van der Waals surface area contributed by atoms with Crippen LogP contribution in [0, 0.1) is 5.82 Å². The van der Waals surface area contributed by atoms with Gasteiger partial charge in [-0.05, 0) is 50.2 Å². The number of aromatic nitrogens is 3. The first kappa shape index (κ1) is 29.8. The Hall–Kier alpha value is -3.71. The Balaban J connectivity index is 1.36. The lowest BCUT2D eigenvalue weighted by Crippen LogP contribution is -2.45. The molecular formula is C29H29ClFN5O5S. The molecule has 5 rings (SSSR count). The van der Waals surface area contributed by atoms with Crippen LogP contribution in [0.4, 0.5) is 10.2 Å². The van der Waals surface area contributed by atoms with E-state index in [0.717, 1.165) is 5.39 Å². The first-order valence-corrected chi connectivity index (χ1v) is 15.3. The summed E-state index contributed by atoms with van der Waals surface area (Å²) in [5, 5.41) is 12.6. The van der Waals surface area contributed by atoms with Gasteiger partial charge in [-0.15, -0.1) is 0 Å². The molecule has 0 radical (unpaired) electrons. The summed E-state index contributed by atoms with van der Waals surface area (Å²) in [6.45, 7) is 4.61. The van der Waals surface area contributed by atoms with Crippen molar-refractivity contribution in [1.82, 2.24) is 20.3 Å². The topological polar surface area (TPSA) is 135 Å². The number of carbonyl (C=O) groups excluding carboxylic acids is 1. The molecule has 0 saturated carbocycles. The maximum absolute atomic E-state index is 14.7. The van der Waals surface area contributed by atoms with Crippen LogP contribution in [0.2, 0.25) is 5.02 Å². The van der Waals surface area contributed by atoms with Crippen molar-refractivity contribution in [3.8, 4) is 11.4 Å². The lowest BCUT2D eigenvalue weighted by Gasteiger charge is -2.36. The molecule has 1 aliphatic rings. The maximum atomic E-state index is 14.7. The molecule has 1 saturated heterocycles. The number of aliphatic hydroxyl groups is 1. The molecule has 2 N–H and O–H groups in total. The van der Waals surface area contributed by atoms with Gasteiger partial charge in [0.2, 0.25) is 0 Å². The highest BCUT2D eigenvalue weighted by molar-refractivity contribution is 7.91. The molecule has 220 valence electrons. The first-order chi connectivity index (χ1) is 20.0. The fraction of sp³-hybridized carbons (Fsp3) is 0.310. The Morgan fingerprint density at radius 2 is 1.86 bits per heavy atom. The summed E-state index contributed by atoms with van der Waals surface area (Å²) >= 11 is 6.06. The van der Waals surface area contributed by atoms with Gasteiger partial charge in [0.1, 0.15) is 11.6 Å². The van der Waals surface area contributed by atoms with Gasteiger partial charge in [0, 0.05) is 47.4 Å². The van der Waals surface area contributed by atoms with Gasteiger partial charge in [0.15, 0.2) is 9.84 Å². The number of halogens is 2. The fourth-order valence-corrected chi connectivity index (χ4v) is 6.21. The lowest BCUT2D eigenvalue weighted by atomic mass is 10.1. The number of aliphatic hydroxyl groups excluding tert-OH is 1. The molecule has 0 unspecified atom stereocenters. The second-order valence-corrected chi connectivity index (χ2v) is 12.7. The predicted molar refractivity (Wildman–Crippen MR) is 157 cm³/mol. The number of nitrogens with zero attached hydrogens (tertiary/aromatic N) is 4. The molecule has 0 spiro atoms. The standard InChI is InChI=1S/C29H29ClFN5O5S/c1-17-15-36(16-18(2)41-17)28-11-22(31)10-27(35-28)25-4-3-19-13-32-23(12-26(19)34-25)14-33-29(38)20-7-21(30)9-24(8-20)42(39,40)6-5-37/h3-4,7-13,17-18,37H,5-6,14-16H2,1-2H3,(H,33,38)/t17-,18+. The zero-order chi connectivity index (χ0) is 30.0. The van der Waals surface area contributed by atoms with E-state index in [1.807, 2.05) is 24.8 Å². The average Bonchev–Trinajstić information content (AvgIpc) is 2.94. The zero-order valence-electron chi connectivity index (χ0n) is 22.9. The number of rotatable bonds is 8. The maximum Gasteiger partial charge on any atom is 0.251 e. The van der Waals surface area contributed by atoms with Crippen molar-refractivity contribution >= 4 is 44.1 Å². The van der Waals surface area contributed by atoms with Crippen LogP contribution < -0.4 is 10.2 Å². The van der Waals surface area contributed by atoms with Crippen LogP contribution in [0.1, 0.15) is 29.9 Å². The monoisotopic (exact) mass is 613 g/mol. The molecule has 42 heavy (non-hydrogen) atoms. The number of pyridine rings is 3. The smallest absolute Gasteiger partial charge is 0.251 e. The first-order valence-electron chi connectivity index (χ1n) is 13.3. The van der Waals surface area contributed by atoms with Crippen molar-refractivity contribution in [2.24, 2.45) is 0 Å². The van der Waals surface area contributed by atoms with E-state index in [1.165, 1.54) is 30.3 Å². The molecule has 0 bridgehead atoms. The molecule has 2 atom stereocenters. The third kappa shape index (κ3) is 6.84. The van der Waals surface area contributed by atoms with Crippen molar-refractivity contribution in [2.75, 3.05) is 30.3 Å². The van der Waals surface area contributed by atoms with Crippen LogP contribution >= 0.6 is 11.6 Å². The van der Waals surface area contributed by atoms with E-state index in [2.05, 4.69) is 20.3 Å². The third-order valence-electron chi connectivity index (χ3n) is 6.70. The SMILES string of the molecule is C[C@@H]1CN(c2cc(F)cc(-c3ccc4cnc(CNC(=O)c5cc(Cl)cc(S(=O)(=O)CCO)c5)cc4n3)n2)C[C@H](C)O1. The summed E-state index contributed by atoms with van der Waals surface area (Å²) in [6, 6.07) is 11.8.